The van der Waals surface area contributed by atoms with Crippen molar-refractivity contribution in [2.45, 2.75) is 12.5 Å². The number of hydrogen-bond donors (Lipinski definition) is 1. The lowest BCUT2D eigenvalue weighted by atomic mass is 10.2. The Hall–Kier alpha value is -3.00. The molecular weight excluding hydrogens is 373 g/mol. The van der Waals surface area contributed by atoms with Crippen LogP contribution in [0, 0.1) is 5.82 Å². The maximum Gasteiger partial charge on any atom is 0.234 e. The third-order valence-corrected chi connectivity index (χ3v) is 5.35. The molecule has 0 saturated carbocycles. The number of piperazine rings is 1. The van der Waals surface area contributed by atoms with Crippen LogP contribution in [-0.4, -0.2) is 67.0 Å². The van der Waals surface area contributed by atoms with Gasteiger partial charge in [-0.05, 0) is 24.3 Å². The Kier molecular flexibility index (Phi) is 5.71. The van der Waals surface area contributed by atoms with Crippen molar-refractivity contribution in [3.05, 3.63) is 54.5 Å². The fraction of sp³-hybridized carbons (Fsp3) is 0.381. The molecule has 2 aromatic rings. The number of pyridine rings is 1. The molecule has 1 N–H and O–H groups in total. The standard InChI is InChI=1S/C21H24FN5O2/c22-17-5-1-2-6-18(17)27-14-16(13-21(27)29)24-20(28)15-25-9-11-26(12-10-25)19-7-3-4-8-23-19/h1-8,16H,9-15H2,(H,24,28). The summed E-state index contributed by atoms with van der Waals surface area (Å²) in [6.07, 6.45) is 1.97. The van der Waals surface area contributed by atoms with Gasteiger partial charge in [-0.25, -0.2) is 9.37 Å². The summed E-state index contributed by atoms with van der Waals surface area (Å²) in [6.45, 7) is 3.75. The second kappa shape index (κ2) is 8.57. The van der Waals surface area contributed by atoms with Crippen LogP contribution < -0.4 is 15.1 Å². The minimum Gasteiger partial charge on any atom is -0.354 e. The summed E-state index contributed by atoms with van der Waals surface area (Å²) in [7, 11) is 0. The van der Waals surface area contributed by atoms with Gasteiger partial charge < -0.3 is 15.1 Å². The number of rotatable bonds is 5. The number of amides is 2. The molecule has 1 unspecified atom stereocenters. The van der Waals surface area contributed by atoms with Gasteiger partial charge in [0.15, 0.2) is 0 Å². The lowest BCUT2D eigenvalue weighted by Crippen LogP contribution is -2.51. The Morgan fingerprint density at radius 1 is 1.10 bits per heavy atom. The molecule has 1 atom stereocenters. The molecule has 2 saturated heterocycles. The Morgan fingerprint density at radius 2 is 1.86 bits per heavy atom. The van der Waals surface area contributed by atoms with Crippen molar-refractivity contribution in [1.29, 1.82) is 0 Å². The zero-order valence-electron chi connectivity index (χ0n) is 16.1. The molecule has 0 spiro atoms. The van der Waals surface area contributed by atoms with Crippen LogP contribution in [0.5, 0.6) is 0 Å². The summed E-state index contributed by atoms with van der Waals surface area (Å²) in [4.78, 5) is 34.8. The molecule has 29 heavy (non-hydrogen) atoms. The summed E-state index contributed by atoms with van der Waals surface area (Å²) >= 11 is 0. The van der Waals surface area contributed by atoms with Crippen LogP contribution in [-0.2, 0) is 9.59 Å². The maximum absolute atomic E-state index is 14.0. The van der Waals surface area contributed by atoms with Crippen LogP contribution >= 0.6 is 0 Å². The van der Waals surface area contributed by atoms with E-state index in [1.54, 1.807) is 24.4 Å². The molecule has 2 fully saturated rings. The highest BCUT2D eigenvalue weighted by atomic mass is 19.1. The van der Waals surface area contributed by atoms with Crippen LogP contribution in [0.2, 0.25) is 0 Å². The number of benzene rings is 1. The zero-order valence-corrected chi connectivity index (χ0v) is 16.1. The average molecular weight is 397 g/mol. The first-order chi connectivity index (χ1) is 14.1. The van der Waals surface area contributed by atoms with E-state index in [9.17, 15) is 14.0 Å². The lowest BCUT2D eigenvalue weighted by molar-refractivity contribution is -0.123. The van der Waals surface area contributed by atoms with Gasteiger partial charge in [0.1, 0.15) is 11.6 Å². The molecule has 0 bridgehead atoms. The van der Waals surface area contributed by atoms with Gasteiger partial charge in [0.25, 0.3) is 0 Å². The minimum absolute atomic E-state index is 0.107. The Labute approximate surface area is 169 Å². The Morgan fingerprint density at radius 3 is 2.59 bits per heavy atom. The van der Waals surface area contributed by atoms with E-state index in [1.807, 2.05) is 18.2 Å². The van der Waals surface area contributed by atoms with Crippen molar-refractivity contribution in [3.8, 4) is 0 Å². The fourth-order valence-corrected chi connectivity index (χ4v) is 3.86. The van der Waals surface area contributed by atoms with E-state index < -0.39 is 5.82 Å². The van der Waals surface area contributed by atoms with Gasteiger partial charge in [-0.1, -0.05) is 18.2 Å². The largest absolute Gasteiger partial charge is 0.354 e. The molecule has 1 aromatic carbocycles. The van der Waals surface area contributed by atoms with E-state index in [2.05, 4.69) is 20.1 Å². The van der Waals surface area contributed by atoms with Crippen molar-refractivity contribution in [2.24, 2.45) is 0 Å². The molecule has 2 aliphatic rings. The van der Waals surface area contributed by atoms with Crippen LogP contribution in [0.3, 0.4) is 0 Å². The Bertz CT molecular complexity index is 870. The lowest BCUT2D eigenvalue weighted by Gasteiger charge is -2.35. The van der Waals surface area contributed by atoms with Gasteiger partial charge >= 0.3 is 0 Å². The molecular formula is C21H24FN5O2. The molecule has 4 rings (SSSR count). The molecule has 3 heterocycles. The van der Waals surface area contributed by atoms with E-state index in [0.29, 0.717) is 13.1 Å². The summed E-state index contributed by atoms with van der Waals surface area (Å²) in [5, 5.41) is 2.93. The number of para-hydroxylation sites is 1. The molecule has 7 nitrogen and oxygen atoms in total. The maximum atomic E-state index is 14.0. The Balaban J connectivity index is 1.25. The van der Waals surface area contributed by atoms with Crippen molar-refractivity contribution in [3.63, 3.8) is 0 Å². The fourth-order valence-electron chi connectivity index (χ4n) is 3.86. The summed E-state index contributed by atoms with van der Waals surface area (Å²) in [5.41, 5.74) is 0.264. The quantitative estimate of drug-likeness (QED) is 0.823. The van der Waals surface area contributed by atoms with E-state index >= 15 is 0 Å². The van der Waals surface area contributed by atoms with Gasteiger partial charge in [-0.2, -0.15) is 0 Å². The molecule has 8 heteroatoms. The number of halogens is 1. The van der Waals surface area contributed by atoms with Crippen molar-refractivity contribution in [2.75, 3.05) is 49.1 Å². The number of nitrogens with zero attached hydrogens (tertiary/aromatic N) is 4. The topological polar surface area (TPSA) is 68.8 Å². The highest BCUT2D eigenvalue weighted by Crippen LogP contribution is 2.24. The van der Waals surface area contributed by atoms with Gasteiger partial charge in [0.05, 0.1) is 18.3 Å². The molecule has 0 radical (unpaired) electrons. The first-order valence-electron chi connectivity index (χ1n) is 9.83. The van der Waals surface area contributed by atoms with Crippen molar-refractivity contribution < 1.29 is 14.0 Å². The van der Waals surface area contributed by atoms with Crippen LogP contribution in [0.4, 0.5) is 15.9 Å². The summed E-state index contributed by atoms with van der Waals surface area (Å²) < 4.78 is 14.0. The predicted molar refractivity (Wildman–Crippen MR) is 108 cm³/mol. The second-order valence-corrected chi connectivity index (χ2v) is 7.38. The number of aromatic nitrogens is 1. The molecule has 0 aliphatic carbocycles. The molecule has 2 amide bonds. The van der Waals surface area contributed by atoms with Crippen LogP contribution in [0.15, 0.2) is 48.7 Å². The molecule has 2 aliphatic heterocycles. The third-order valence-electron chi connectivity index (χ3n) is 5.35. The number of carbonyl (C=O) groups is 2. The van der Waals surface area contributed by atoms with Crippen LogP contribution in [0.1, 0.15) is 6.42 Å². The highest BCUT2D eigenvalue weighted by molar-refractivity contribution is 5.97. The van der Waals surface area contributed by atoms with E-state index in [1.165, 1.54) is 11.0 Å². The predicted octanol–water partition coefficient (Wildman–Crippen LogP) is 1.26. The molecule has 1 aromatic heterocycles. The van der Waals surface area contributed by atoms with Gasteiger partial charge in [0, 0.05) is 45.3 Å². The third kappa shape index (κ3) is 4.54. The smallest absolute Gasteiger partial charge is 0.234 e. The van der Waals surface area contributed by atoms with Crippen molar-refractivity contribution in [1.82, 2.24) is 15.2 Å². The normalized spacial score (nSPS) is 20.2. The molecule has 152 valence electrons. The first kappa shape index (κ1) is 19.3. The number of carbonyl (C=O) groups excluding carboxylic acids is 2. The second-order valence-electron chi connectivity index (χ2n) is 7.38. The first-order valence-corrected chi connectivity index (χ1v) is 9.83. The zero-order chi connectivity index (χ0) is 20.2. The van der Waals surface area contributed by atoms with E-state index in [4.69, 9.17) is 0 Å². The van der Waals surface area contributed by atoms with E-state index in [-0.39, 0.29) is 30.0 Å². The number of nitrogens with one attached hydrogen (secondary N) is 1. The van der Waals surface area contributed by atoms with Gasteiger partial charge in [-0.15, -0.1) is 0 Å². The SMILES string of the molecule is O=C(CN1CCN(c2ccccn2)CC1)NC1CC(=O)N(c2ccccc2F)C1. The van der Waals surface area contributed by atoms with Gasteiger partial charge in [-0.3, -0.25) is 14.5 Å². The minimum atomic E-state index is -0.432. The summed E-state index contributed by atoms with van der Waals surface area (Å²) in [6, 6.07) is 11.7. The monoisotopic (exact) mass is 397 g/mol. The van der Waals surface area contributed by atoms with Gasteiger partial charge in [0.2, 0.25) is 11.8 Å². The number of hydrogen-bond acceptors (Lipinski definition) is 5. The van der Waals surface area contributed by atoms with Crippen LogP contribution in [0.25, 0.3) is 0 Å². The van der Waals surface area contributed by atoms with E-state index in [0.717, 1.165) is 32.0 Å². The van der Waals surface area contributed by atoms with Crippen molar-refractivity contribution >= 4 is 23.3 Å². The number of anilines is 2. The summed E-state index contributed by atoms with van der Waals surface area (Å²) in [5.74, 6) is 0.238. The average Bonchev–Trinajstić information content (AvgIpc) is 3.09. The highest BCUT2D eigenvalue weighted by Gasteiger charge is 2.33.